The largest absolute Gasteiger partial charge is 0.466 e. The van der Waals surface area contributed by atoms with E-state index in [0.717, 1.165) is 25.5 Å². The van der Waals surface area contributed by atoms with Crippen molar-refractivity contribution in [2.45, 2.75) is 59.6 Å². The van der Waals surface area contributed by atoms with Crippen LogP contribution in [0.15, 0.2) is 0 Å². The third kappa shape index (κ3) is 6.09. The van der Waals surface area contributed by atoms with E-state index < -0.39 is 0 Å². The van der Waals surface area contributed by atoms with Gasteiger partial charge in [-0.15, -0.1) is 0 Å². The van der Waals surface area contributed by atoms with Crippen LogP contribution >= 0.6 is 0 Å². The molecule has 1 aliphatic heterocycles. The van der Waals surface area contributed by atoms with Crippen LogP contribution in [0.1, 0.15) is 47.0 Å². The first-order chi connectivity index (χ1) is 8.67. The second-order valence-electron chi connectivity index (χ2n) is 4.73. The van der Waals surface area contributed by atoms with Gasteiger partial charge in [-0.1, -0.05) is 46.3 Å². The number of carbonyl (C=O) groups is 1. The molecule has 0 bridgehead atoms. The van der Waals surface area contributed by atoms with Crippen LogP contribution < -0.4 is 0 Å². The number of ether oxygens (including phenoxy) is 1. The maximum atomic E-state index is 11.3. The van der Waals surface area contributed by atoms with E-state index in [2.05, 4.69) is 12.9 Å². The first-order valence-electron chi connectivity index (χ1n) is 7.22. The molecule has 0 aromatic heterocycles. The van der Waals surface area contributed by atoms with Crippen molar-refractivity contribution in [3.8, 4) is 5.97 Å². The number of carbonyl (C=O) groups excluding carboxylic acids is 1. The summed E-state index contributed by atoms with van der Waals surface area (Å²) in [5.41, 5.74) is 0. The Bertz CT molecular complexity index is 267. The molecule has 0 radical (unpaired) electrons. The molecule has 0 spiro atoms. The summed E-state index contributed by atoms with van der Waals surface area (Å²) in [6.07, 6.45) is 4.68. The van der Waals surface area contributed by atoms with Crippen molar-refractivity contribution in [2.24, 2.45) is 11.8 Å². The quantitative estimate of drug-likeness (QED) is 0.566. The van der Waals surface area contributed by atoms with Crippen LogP contribution in [0.2, 0.25) is 12.6 Å². The maximum Gasteiger partial charge on any atom is 0.306 e. The van der Waals surface area contributed by atoms with Gasteiger partial charge in [0.25, 0.3) is 6.71 Å². The van der Waals surface area contributed by atoms with Crippen LogP contribution in [0.5, 0.6) is 0 Å². The SMILES string of the molecule is CC.CCOC(=O)CC(C)C1CCB(C#N)CC1. The standard InChI is InChI=1S/C12H20BNO2.C2H6/c1-3-16-12(15)8-10(2)11-4-6-13(9-14)7-5-11;1-2/h10-11H,3-8H2,1-2H3;1-2H3. The van der Waals surface area contributed by atoms with Crippen molar-refractivity contribution >= 4 is 12.7 Å². The van der Waals surface area contributed by atoms with Crippen molar-refractivity contribution in [1.82, 2.24) is 0 Å². The molecule has 3 nitrogen and oxygen atoms in total. The molecular weight excluding hydrogens is 225 g/mol. The highest BCUT2D eigenvalue weighted by molar-refractivity contribution is 6.67. The second kappa shape index (κ2) is 9.99. The smallest absolute Gasteiger partial charge is 0.306 e. The highest BCUT2D eigenvalue weighted by Crippen LogP contribution is 2.32. The highest BCUT2D eigenvalue weighted by Gasteiger charge is 2.28. The number of rotatable bonds is 4. The number of hydrogen-bond acceptors (Lipinski definition) is 3. The summed E-state index contributed by atoms with van der Waals surface area (Å²) in [5, 5.41) is 8.81. The predicted molar refractivity (Wildman–Crippen MR) is 75.5 cm³/mol. The lowest BCUT2D eigenvalue weighted by Crippen LogP contribution is -2.25. The first kappa shape index (κ1) is 17.0. The van der Waals surface area contributed by atoms with Crippen LogP contribution in [0.25, 0.3) is 0 Å². The average Bonchev–Trinajstić information content (AvgIpc) is 2.41. The Morgan fingerprint density at radius 2 is 2.00 bits per heavy atom. The number of nitrogens with zero attached hydrogens (tertiary/aromatic N) is 1. The first-order valence-corrected chi connectivity index (χ1v) is 7.22. The van der Waals surface area contributed by atoms with Crippen LogP contribution in [-0.2, 0) is 9.53 Å². The number of hydrogen-bond donors (Lipinski definition) is 0. The lowest BCUT2D eigenvalue weighted by atomic mass is 9.41. The number of nitriles is 1. The summed E-state index contributed by atoms with van der Waals surface area (Å²) in [5.74, 6) is 3.23. The molecule has 1 aliphatic rings. The van der Waals surface area contributed by atoms with Crippen LogP contribution in [0.3, 0.4) is 0 Å². The third-order valence-corrected chi connectivity index (χ3v) is 3.55. The topological polar surface area (TPSA) is 50.1 Å². The minimum absolute atomic E-state index is 0.0857. The summed E-state index contributed by atoms with van der Waals surface area (Å²) < 4.78 is 4.95. The molecule has 0 aliphatic carbocycles. The van der Waals surface area contributed by atoms with Gasteiger partial charge in [-0.25, -0.2) is 5.26 Å². The van der Waals surface area contributed by atoms with Crippen molar-refractivity contribution < 1.29 is 9.53 Å². The Kier molecular flexibility index (Phi) is 9.45. The van der Waals surface area contributed by atoms with E-state index in [1.807, 2.05) is 20.8 Å². The lowest BCUT2D eigenvalue weighted by Gasteiger charge is -2.28. The summed E-state index contributed by atoms with van der Waals surface area (Å²) >= 11 is 0. The fourth-order valence-corrected chi connectivity index (χ4v) is 2.47. The molecule has 1 saturated heterocycles. The molecule has 0 saturated carbocycles. The Morgan fingerprint density at radius 3 is 2.44 bits per heavy atom. The molecule has 0 aromatic rings. The number of esters is 1. The van der Waals surface area contributed by atoms with Gasteiger partial charge >= 0.3 is 5.97 Å². The van der Waals surface area contributed by atoms with Crippen LogP contribution in [0, 0.1) is 23.1 Å². The van der Waals surface area contributed by atoms with Gasteiger partial charge in [0, 0.05) is 12.4 Å². The molecule has 0 N–H and O–H groups in total. The van der Waals surface area contributed by atoms with E-state index in [-0.39, 0.29) is 12.7 Å². The van der Waals surface area contributed by atoms with Crippen molar-refractivity contribution in [1.29, 1.82) is 5.26 Å². The van der Waals surface area contributed by atoms with Gasteiger partial charge in [0.1, 0.15) is 0 Å². The van der Waals surface area contributed by atoms with E-state index in [0.29, 0.717) is 24.9 Å². The van der Waals surface area contributed by atoms with E-state index in [4.69, 9.17) is 10.00 Å². The Balaban J connectivity index is 0.00000137. The molecule has 0 aromatic carbocycles. The van der Waals surface area contributed by atoms with E-state index in [9.17, 15) is 4.79 Å². The normalized spacial score (nSPS) is 17.2. The fraction of sp³-hybridized carbons (Fsp3) is 0.857. The predicted octanol–water partition coefficient (Wildman–Crippen LogP) is 3.57. The molecule has 1 fully saturated rings. The summed E-state index contributed by atoms with van der Waals surface area (Å²) in [6, 6.07) is 0. The second-order valence-corrected chi connectivity index (χ2v) is 4.73. The zero-order valence-corrected chi connectivity index (χ0v) is 12.2. The zero-order valence-electron chi connectivity index (χ0n) is 12.2. The fourth-order valence-electron chi connectivity index (χ4n) is 2.47. The lowest BCUT2D eigenvalue weighted by molar-refractivity contribution is -0.144. The highest BCUT2D eigenvalue weighted by atomic mass is 16.5. The molecule has 18 heavy (non-hydrogen) atoms. The minimum atomic E-state index is -0.0857. The molecule has 1 heterocycles. The van der Waals surface area contributed by atoms with Crippen LogP contribution in [-0.4, -0.2) is 19.3 Å². The Hall–Kier alpha value is -0.975. The molecule has 1 unspecified atom stereocenters. The monoisotopic (exact) mass is 251 g/mol. The third-order valence-electron chi connectivity index (χ3n) is 3.55. The van der Waals surface area contributed by atoms with Gasteiger partial charge in [0.15, 0.2) is 0 Å². The summed E-state index contributed by atoms with van der Waals surface area (Å²) in [6.45, 7) is 8.66. The molecule has 1 atom stereocenters. The maximum absolute atomic E-state index is 11.3. The summed E-state index contributed by atoms with van der Waals surface area (Å²) in [7, 11) is 0. The van der Waals surface area contributed by atoms with Gasteiger partial charge in [-0.3, -0.25) is 4.79 Å². The van der Waals surface area contributed by atoms with Gasteiger partial charge < -0.3 is 4.74 Å². The van der Waals surface area contributed by atoms with E-state index in [1.54, 1.807) is 0 Å². The Morgan fingerprint density at radius 1 is 1.44 bits per heavy atom. The molecule has 102 valence electrons. The van der Waals surface area contributed by atoms with Crippen molar-refractivity contribution in [3.63, 3.8) is 0 Å². The van der Waals surface area contributed by atoms with Gasteiger partial charge in [-0.05, 0) is 18.8 Å². The van der Waals surface area contributed by atoms with Crippen molar-refractivity contribution in [3.05, 3.63) is 0 Å². The van der Waals surface area contributed by atoms with Gasteiger partial charge in [0.2, 0.25) is 0 Å². The molecule has 4 heteroatoms. The molecule has 0 amide bonds. The van der Waals surface area contributed by atoms with Crippen molar-refractivity contribution in [2.75, 3.05) is 6.61 Å². The average molecular weight is 251 g/mol. The summed E-state index contributed by atoms with van der Waals surface area (Å²) in [4.78, 5) is 11.3. The van der Waals surface area contributed by atoms with Gasteiger partial charge in [-0.2, -0.15) is 0 Å². The zero-order chi connectivity index (χ0) is 14.0. The molecular formula is C14H26BNO2. The van der Waals surface area contributed by atoms with Crippen LogP contribution in [0.4, 0.5) is 0 Å². The minimum Gasteiger partial charge on any atom is -0.466 e. The molecule has 1 rings (SSSR count). The van der Waals surface area contributed by atoms with E-state index in [1.165, 1.54) is 0 Å². The van der Waals surface area contributed by atoms with E-state index >= 15 is 0 Å². The Labute approximate surface area is 112 Å². The van der Waals surface area contributed by atoms with Gasteiger partial charge in [0.05, 0.1) is 6.61 Å².